The molecule has 2 saturated heterocycles. The highest BCUT2D eigenvalue weighted by Gasteiger charge is 2.39. The Labute approximate surface area is 171 Å². The molecule has 3 aliphatic heterocycles. The van der Waals surface area contributed by atoms with Crippen LogP contribution in [0.5, 0.6) is 0 Å². The number of hydrogen-bond donors (Lipinski definition) is 3. The second kappa shape index (κ2) is 7.88. The van der Waals surface area contributed by atoms with Gasteiger partial charge in [0.25, 0.3) is 5.91 Å². The molecule has 2 unspecified atom stereocenters. The first-order valence-electron chi connectivity index (χ1n) is 10.5. The van der Waals surface area contributed by atoms with E-state index in [2.05, 4.69) is 35.9 Å². The molecule has 156 valence electrons. The zero-order valence-electron chi connectivity index (χ0n) is 17.2. The molecule has 3 amide bonds. The number of nitrogens with zero attached hydrogens (tertiary/aromatic N) is 1. The van der Waals surface area contributed by atoms with Gasteiger partial charge in [-0.05, 0) is 48.4 Å². The third-order valence-corrected chi connectivity index (χ3v) is 6.33. The number of rotatable bonds is 4. The van der Waals surface area contributed by atoms with Crippen molar-refractivity contribution in [3.8, 4) is 0 Å². The summed E-state index contributed by atoms with van der Waals surface area (Å²) in [6.45, 7) is 7.75. The number of amides is 3. The molecule has 3 heterocycles. The normalized spacial score (nSPS) is 26.8. The van der Waals surface area contributed by atoms with Gasteiger partial charge in [-0.25, -0.2) is 0 Å². The van der Waals surface area contributed by atoms with Gasteiger partial charge in [-0.1, -0.05) is 26.0 Å². The third-order valence-electron chi connectivity index (χ3n) is 6.33. The lowest BCUT2D eigenvalue weighted by Gasteiger charge is -2.29. The fraction of sp³-hybridized carbons (Fsp3) is 0.591. The highest BCUT2D eigenvalue weighted by Crippen LogP contribution is 2.30. The number of carbonyl (C=O) groups excluding carboxylic acids is 3. The largest absolute Gasteiger partial charge is 0.322 e. The van der Waals surface area contributed by atoms with Gasteiger partial charge in [0, 0.05) is 37.7 Å². The molecule has 29 heavy (non-hydrogen) atoms. The first-order valence-corrected chi connectivity index (χ1v) is 10.5. The lowest BCUT2D eigenvalue weighted by atomic mass is 9.86. The molecule has 0 saturated carbocycles. The van der Waals surface area contributed by atoms with Gasteiger partial charge in [0.05, 0.1) is 0 Å². The number of hydrogen-bond acceptors (Lipinski definition) is 5. The minimum atomic E-state index is -0.567. The van der Waals surface area contributed by atoms with Crippen LogP contribution >= 0.6 is 0 Å². The Morgan fingerprint density at radius 2 is 2.03 bits per heavy atom. The molecule has 0 radical (unpaired) electrons. The van der Waals surface area contributed by atoms with Crippen molar-refractivity contribution in [2.45, 2.75) is 64.7 Å². The average Bonchev–Trinajstić information content (AvgIpc) is 2.89. The monoisotopic (exact) mass is 398 g/mol. The van der Waals surface area contributed by atoms with Crippen molar-refractivity contribution in [2.75, 3.05) is 13.1 Å². The topological polar surface area (TPSA) is 90.5 Å². The molecule has 3 aliphatic rings. The number of piperidine rings is 1. The molecule has 1 aromatic carbocycles. The van der Waals surface area contributed by atoms with E-state index in [-0.39, 0.29) is 29.6 Å². The van der Waals surface area contributed by atoms with E-state index in [9.17, 15) is 14.4 Å². The molecule has 0 spiro atoms. The van der Waals surface area contributed by atoms with Crippen LogP contribution in [-0.2, 0) is 22.7 Å². The SMILES string of the molecule is CC1(C)CNCCC(NCc2cccc3c2CN(C2CCC(=O)NC2=O)C3=O)C1. The second-order valence-electron chi connectivity index (χ2n) is 9.25. The van der Waals surface area contributed by atoms with E-state index >= 15 is 0 Å². The van der Waals surface area contributed by atoms with E-state index in [1.807, 2.05) is 12.1 Å². The van der Waals surface area contributed by atoms with Gasteiger partial charge in [0.2, 0.25) is 11.8 Å². The van der Waals surface area contributed by atoms with Crippen molar-refractivity contribution < 1.29 is 14.4 Å². The van der Waals surface area contributed by atoms with Crippen molar-refractivity contribution >= 4 is 17.7 Å². The number of carbonyl (C=O) groups is 3. The van der Waals surface area contributed by atoms with Gasteiger partial charge in [-0.2, -0.15) is 0 Å². The van der Waals surface area contributed by atoms with Gasteiger partial charge in [-0.3, -0.25) is 19.7 Å². The van der Waals surface area contributed by atoms with Crippen LogP contribution < -0.4 is 16.0 Å². The zero-order valence-corrected chi connectivity index (χ0v) is 17.2. The van der Waals surface area contributed by atoms with E-state index in [1.165, 1.54) is 0 Å². The lowest BCUT2D eigenvalue weighted by Crippen LogP contribution is -2.52. The average molecular weight is 399 g/mol. The standard InChI is InChI=1S/C22H30N4O3/c1-22(2)10-15(8-9-23-13-22)24-11-14-4-3-5-16-17(14)12-26(21(16)29)18-6-7-19(27)25-20(18)28/h3-5,15,18,23-24H,6-13H2,1-2H3,(H,25,27,28). The summed E-state index contributed by atoms with van der Waals surface area (Å²) in [7, 11) is 0. The fourth-order valence-corrected chi connectivity index (χ4v) is 4.79. The molecule has 2 atom stereocenters. The second-order valence-corrected chi connectivity index (χ2v) is 9.25. The van der Waals surface area contributed by atoms with Crippen LogP contribution in [0.3, 0.4) is 0 Å². The van der Waals surface area contributed by atoms with Crippen LogP contribution in [0.4, 0.5) is 0 Å². The summed E-state index contributed by atoms with van der Waals surface area (Å²) in [5.74, 6) is -0.743. The maximum Gasteiger partial charge on any atom is 0.255 e. The van der Waals surface area contributed by atoms with Gasteiger partial charge in [0.15, 0.2) is 0 Å². The van der Waals surface area contributed by atoms with Crippen LogP contribution in [0.1, 0.15) is 61.0 Å². The van der Waals surface area contributed by atoms with Gasteiger partial charge in [0.1, 0.15) is 6.04 Å². The Hall–Kier alpha value is -2.25. The summed E-state index contributed by atoms with van der Waals surface area (Å²) in [4.78, 5) is 38.3. The number of fused-ring (bicyclic) bond motifs is 1. The van der Waals surface area contributed by atoms with Crippen molar-refractivity contribution in [1.82, 2.24) is 20.9 Å². The molecule has 3 N–H and O–H groups in total. The Morgan fingerprint density at radius 1 is 1.21 bits per heavy atom. The Bertz CT molecular complexity index is 835. The minimum Gasteiger partial charge on any atom is -0.322 e. The molecular formula is C22H30N4O3. The summed E-state index contributed by atoms with van der Waals surface area (Å²) in [6.07, 6.45) is 2.86. The summed E-state index contributed by atoms with van der Waals surface area (Å²) in [6, 6.07) is 5.68. The van der Waals surface area contributed by atoms with Crippen molar-refractivity contribution in [1.29, 1.82) is 0 Å². The molecule has 1 aromatic rings. The van der Waals surface area contributed by atoms with Crippen molar-refractivity contribution in [3.63, 3.8) is 0 Å². The Balaban J connectivity index is 1.47. The van der Waals surface area contributed by atoms with E-state index in [1.54, 1.807) is 4.90 Å². The van der Waals surface area contributed by atoms with Crippen molar-refractivity contribution in [2.24, 2.45) is 5.41 Å². The molecular weight excluding hydrogens is 368 g/mol. The number of nitrogens with one attached hydrogen (secondary N) is 3. The summed E-state index contributed by atoms with van der Waals surface area (Å²) in [5.41, 5.74) is 3.05. The smallest absolute Gasteiger partial charge is 0.255 e. The highest BCUT2D eigenvalue weighted by atomic mass is 16.2. The van der Waals surface area contributed by atoms with Gasteiger partial charge in [-0.15, -0.1) is 0 Å². The summed E-state index contributed by atoms with van der Waals surface area (Å²) < 4.78 is 0. The Morgan fingerprint density at radius 3 is 2.83 bits per heavy atom. The van der Waals surface area contributed by atoms with E-state index < -0.39 is 6.04 Å². The van der Waals surface area contributed by atoms with E-state index in [0.29, 0.717) is 31.1 Å². The molecule has 7 heteroatoms. The van der Waals surface area contributed by atoms with Gasteiger partial charge >= 0.3 is 0 Å². The minimum absolute atomic E-state index is 0.115. The first-order chi connectivity index (χ1) is 13.8. The fourth-order valence-electron chi connectivity index (χ4n) is 4.79. The predicted octanol–water partition coefficient (Wildman–Crippen LogP) is 1.32. The number of benzene rings is 1. The van der Waals surface area contributed by atoms with Crippen LogP contribution in [0, 0.1) is 5.41 Å². The predicted molar refractivity (Wildman–Crippen MR) is 109 cm³/mol. The molecule has 4 rings (SSSR count). The van der Waals surface area contributed by atoms with Crippen LogP contribution in [0.25, 0.3) is 0 Å². The van der Waals surface area contributed by atoms with Gasteiger partial charge < -0.3 is 15.5 Å². The van der Waals surface area contributed by atoms with Crippen LogP contribution in [-0.4, -0.2) is 47.8 Å². The van der Waals surface area contributed by atoms with Crippen LogP contribution in [0.2, 0.25) is 0 Å². The number of imide groups is 1. The summed E-state index contributed by atoms with van der Waals surface area (Å²) in [5, 5.41) is 9.56. The molecule has 0 bridgehead atoms. The first kappa shape index (κ1) is 20.0. The molecule has 0 aromatic heterocycles. The highest BCUT2D eigenvalue weighted by molar-refractivity contribution is 6.05. The molecule has 7 nitrogen and oxygen atoms in total. The lowest BCUT2D eigenvalue weighted by molar-refractivity contribution is -0.136. The summed E-state index contributed by atoms with van der Waals surface area (Å²) >= 11 is 0. The third kappa shape index (κ3) is 4.21. The Kier molecular flexibility index (Phi) is 5.44. The maximum atomic E-state index is 12.9. The zero-order chi connectivity index (χ0) is 20.6. The van der Waals surface area contributed by atoms with E-state index in [4.69, 9.17) is 0 Å². The molecule has 2 fully saturated rings. The quantitative estimate of drug-likeness (QED) is 0.666. The molecule has 0 aliphatic carbocycles. The van der Waals surface area contributed by atoms with Crippen LogP contribution in [0.15, 0.2) is 18.2 Å². The van der Waals surface area contributed by atoms with E-state index in [0.717, 1.165) is 37.1 Å². The maximum absolute atomic E-state index is 12.9. The van der Waals surface area contributed by atoms with Crippen molar-refractivity contribution in [3.05, 3.63) is 34.9 Å².